The van der Waals surface area contributed by atoms with E-state index >= 15 is 0 Å². The number of nitrogens with one attached hydrogen (secondary N) is 1. The quantitative estimate of drug-likeness (QED) is 0.846. The zero-order valence-electron chi connectivity index (χ0n) is 12.0. The summed E-state index contributed by atoms with van der Waals surface area (Å²) in [5.74, 6) is 1.65. The number of aliphatic hydroxyl groups is 1. The minimum absolute atomic E-state index is 0.0521. The first-order chi connectivity index (χ1) is 9.72. The number of rotatable bonds is 6. The highest BCUT2D eigenvalue weighted by atomic mass is 16.5. The van der Waals surface area contributed by atoms with E-state index in [1.807, 2.05) is 36.4 Å². The van der Waals surface area contributed by atoms with Crippen molar-refractivity contribution in [3.63, 3.8) is 0 Å². The second kappa shape index (κ2) is 7.08. The molecule has 0 heterocycles. The Morgan fingerprint density at radius 3 is 2.50 bits per heavy atom. The molecule has 3 nitrogen and oxygen atoms in total. The molecule has 0 bridgehead atoms. The van der Waals surface area contributed by atoms with Gasteiger partial charge in [-0.2, -0.15) is 0 Å². The Morgan fingerprint density at radius 1 is 1.10 bits per heavy atom. The predicted octanol–water partition coefficient (Wildman–Crippen LogP) is 3.39. The minimum Gasteiger partial charge on any atom is -0.457 e. The molecule has 0 amide bonds. The van der Waals surface area contributed by atoms with Crippen LogP contribution in [-0.2, 0) is 13.2 Å². The van der Waals surface area contributed by atoms with Crippen LogP contribution >= 0.6 is 0 Å². The summed E-state index contributed by atoms with van der Waals surface area (Å²) in [4.78, 5) is 0. The molecule has 20 heavy (non-hydrogen) atoms. The van der Waals surface area contributed by atoms with Gasteiger partial charge in [-0.1, -0.05) is 36.8 Å². The van der Waals surface area contributed by atoms with Crippen molar-refractivity contribution in [2.24, 2.45) is 0 Å². The van der Waals surface area contributed by atoms with Gasteiger partial charge in [-0.3, -0.25) is 0 Å². The maximum atomic E-state index is 9.04. The van der Waals surface area contributed by atoms with E-state index in [0.29, 0.717) is 0 Å². The van der Waals surface area contributed by atoms with E-state index in [1.54, 1.807) is 0 Å². The molecule has 0 spiro atoms. The van der Waals surface area contributed by atoms with Crippen LogP contribution in [0.4, 0.5) is 0 Å². The van der Waals surface area contributed by atoms with Crippen LogP contribution in [-0.4, -0.2) is 11.7 Å². The molecule has 0 aliphatic rings. The molecule has 2 aromatic carbocycles. The second-order valence-electron chi connectivity index (χ2n) is 4.80. The van der Waals surface area contributed by atoms with Crippen LogP contribution in [0.3, 0.4) is 0 Å². The molecule has 0 aliphatic carbocycles. The standard InChI is InChI=1S/C17H21NO2/c1-3-18-11-15-10-13(2)4-9-17(15)20-16-7-5-14(12-19)6-8-16/h4-10,18-19H,3,11-12H2,1-2H3. The topological polar surface area (TPSA) is 41.5 Å². The summed E-state index contributed by atoms with van der Waals surface area (Å²) in [7, 11) is 0. The van der Waals surface area contributed by atoms with Gasteiger partial charge in [0, 0.05) is 12.1 Å². The first kappa shape index (κ1) is 14.6. The van der Waals surface area contributed by atoms with Crippen molar-refractivity contribution in [3.8, 4) is 11.5 Å². The molecule has 2 N–H and O–H groups in total. The molecule has 0 aliphatic heterocycles. The van der Waals surface area contributed by atoms with E-state index in [1.165, 1.54) is 5.56 Å². The molecule has 2 aromatic rings. The lowest BCUT2D eigenvalue weighted by atomic mass is 10.1. The Labute approximate surface area is 120 Å². The lowest BCUT2D eigenvalue weighted by Gasteiger charge is -2.12. The highest BCUT2D eigenvalue weighted by molar-refractivity contribution is 5.40. The highest BCUT2D eigenvalue weighted by Gasteiger charge is 2.05. The molecule has 0 unspecified atom stereocenters. The summed E-state index contributed by atoms with van der Waals surface area (Å²) >= 11 is 0. The van der Waals surface area contributed by atoms with Gasteiger partial charge in [-0.25, -0.2) is 0 Å². The normalized spacial score (nSPS) is 10.6. The Hall–Kier alpha value is -1.84. The fraction of sp³-hybridized carbons (Fsp3) is 0.294. The monoisotopic (exact) mass is 271 g/mol. The van der Waals surface area contributed by atoms with Crippen molar-refractivity contribution in [1.29, 1.82) is 0 Å². The smallest absolute Gasteiger partial charge is 0.131 e. The van der Waals surface area contributed by atoms with Crippen LogP contribution in [0.1, 0.15) is 23.6 Å². The SMILES string of the molecule is CCNCc1cc(C)ccc1Oc1ccc(CO)cc1. The Kier molecular flexibility index (Phi) is 5.16. The van der Waals surface area contributed by atoms with Crippen molar-refractivity contribution in [3.05, 3.63) is 59.2 Å². The van der Waals surface area contributed by atoms with Gasteiger partial charge in [0.25, 0.3) is 0 Å². The average Bonchev–Trinajstić information content (AvgIpc) is 2.48. The third kappa shape index (κ3) is 3.83. The van der Waals surface area contributed by atoms with Gasteiger partial charge < -0.3 is 15.2 Å². The molecule has 0 atom stereocenters. The van der Waals surface area contributed by atoms with Crippen molar-refractivity contribution in [1.82, 2.24) is 5.32 Å². The molecule has 0 fully saturated rings. The molecular weight excluding hydrogens is 250 g/mol. The van der Waals surface area contributed by atoms with Crippen LogP contribution in [0.25, 0.3) is 0 Å². The number of aryl methyl sites for hydroxylation is 1. The van der Waals surface area contributed by atoms with Crippen LogP contribution in [0.2, 0.25) is 0 Å². The van der Waals surface area contributed by atoms with Gasteiger partial charge in [0.2, 0.25) is 0 Å². The molecular formula is C17H21NO2. The van der Waals surface area contributed by atoms with Gasteiger partial charge >= 0.3 is 0 Å². The van der Waals surface area contributed by atoms with Crippen LogP contribution in [0.15, 0.2) is 42.5 Å². The lowest BCUT2D eigenvalue weighted by Crippen LogP contribution is -2.12. The van der Waals surface area contributed by atoms with Crippen LogP contribution in [0, 0.1) is 6.92 Å². The van der Waals surface area contributed by atoms with E-state index in [-0.39, 0.29) is 6.61 Å². The second-order valence-corrected chi connectivity index (χ2v) is 4.80. The zero-order valence-corrected chi connectivity index (χ0v) is 12.0. The largest absolute Gasteiger partial charge is 0.457 e. The summed E-state index contributed by atoms with van der Waals surface area (Å²) in [6.07, 6.45) is 0. The van der Waals surface area contributed by atoms with E-state index in [9.17, 15) is 0 Å². The summed E-state index contributed by atoms with van der Waals surface area (Å²) in [6.45, 7) is 5.94. The van der Waals surface area contributed by atoms with Gasteiger partial charge in [0.15, 0.2) is 0 Å². The van der Waals surface area contributed by atoms with Gasteiger partial charge in [0.1, 0.15) is 11.5 Å². The molecule has 0 aromatic heterocycles. The average molecular weight is 271 g/mol. The first-order valence-corrected chi connectivity index (χ1v) is 6.91. The number of aliphatic hydroxyl groups excluding tert-OH is 1. The molecule has 0 saturated heterocycles. The van der Waals surface area contributed by atoms with Crippen molar-refractivity contribution < 1.29 is 9.84 Å². The molecule has 0 radical (unpaired) electrons. The highest BCUT2D eigenvalue weighted by Crippen LogP contribution is 2.26. The Balaban J connectivity index is 2.18. The number of ether oxygens (including phenoxy) is 1. The van der Waals surface area contributed by atoms with E-state index in [2.05, 4.69) is 25.2 Å². The molecule has 2 rings (SSSR count). The molecule has 106 valence electrons. The third-order valence-electron chi connectivity index (χ3n) is 3.12. The van der Waals surface area contributed by atoms with E-state index in [0.717, 1.165) is 35.7 Å². The summed E-state index contributed by atoms with van der Waals surface area (Å²) < 4.78 is 5.94. The maximum absolute atomic E-state index is 9.04. The summed E-state index contributed by atoms with van der Waals surface area (Å²) in [5.41, 5.74) is 3.26. The third-order valence-corrected chi connectivity index (χ3v) is 3.12. The van der Waals surface area contributed by atoms with E-state index < -0.39 is 0 Å². The number of hydrogen-bond acceptors (Lipinski definition) is 3. The summed E-state index contributed by atoms with van der Waals surface area (Å²) in [6, 6.07) is 13.7. The fourth-order valence-electron chi connectivity index (χ4n) is 2.00. The molecule has 3 heteroatoms. The minimum atomic E-state index is 0.0521. The number of hydrogen-bond donors (Lipinski definition) is 2. The fourth-order valence-corrected chi connectivity index (χ4v) is 2.00. The predicted molar refractivity (Wildman–Crippen MR) is 81.0 cm³/mol. The van der Waals surface area contributed by atoms with E-state index in [4.69, 9.17) is 9.84 Å². The number of benzene rings is 2. The maximum Gasteiger partial charge on any atom is 0.131 e. The van der Waals surface area contributed by atoms with Gasteiger partial charge in [-0.05, 0) is 37.2 Å². The van der Waals surface area contributed by atoms with Crippen LogP contribution < -0.4 is 10.1 Å². The van der Waals surface area contributed by atoms with Gasteiger partial charge in [-0.15, -0.1) is 0 Å². The van der Waals surface area contributed by atoms with Crippen LogP contribution in [0.5, 0.6) is 11.5 Å². The summed E-state index contributed by atoms with van der Waals surface area (Å²) in [5, 5.41) is 12.4. The lowest BCUT2D eigenvalue weighted by molar-refractivity contribution is 0.281. The first-order valence-electron chi connectivity index (χ1n) is 6.91. The van der Waals surface area contributed by atoms with Gasteiger partial charge in [0.05, 0.1) is 6.61 Å². The van der Waals surface area contributed by atoms with Crippen molar-refractivity contribution in [2.75, 3.05) is 6.54 Å². The van der Waals surface area contributed by atoms with Crippen molar-refractivity contribution >= 4 is 0 Å². The Morgan fingerprint density at radius 2 is 1.85 bits per heavy atom. The van der Waals surface area contributed by atoms with Crippen molar-refractivity contribution in [2.45, 2.75) is 27.0 Å². The zero-order chi connectivity index (χ0) is 14.4. The Bertz CT molecular complexity index is 549. The molecule has 0 saturated carbocycles.